The third kappa shape index (κ3) is 2.48. The fourth-order valence-corrected chi connectivity index (χ4v) is 2.98. The van der Waals surface area contributed by atoms with Crippen molar-refractivity contribution in [2.45, 2.75) is 38.6 Å². The lowest BCUT2D eigenvalue weighted by molar-refractivity contribution is 0.0805. The monoisotopic (exact) mass is 196 g/mol. The minimum atomic E-state index is 0.807. The van der Waals surface area contributed by atoms with Gasteiger partial charge in [-0.3, -0.25) is 0 Å². The van der Waals surface area contributed by atoms with Gasteiger partial charge in [-0.1, -0.05) is 6.92 Å². The van der Waals surface area contributed by atoms with Gasteiger partial charge in [-0.05, 0) is 44.6 Å². The fourth-order valence-electron chi connectivity index (χ4n) is 2.98. The van der Waals surface area contributed by atoms with Crippen LogP contribution in [0, 0.1) is 11.8 Å². The molecule has 0 bridgehead atoms. The summed E-state index contributed by atoms with van der Waals surface area (Å²) in [6, 6.07) is 0.807. The summed E-state index contributed by atoms with van der Waals surface area (Å²) < 4.78 is 0. The normalized spacial score (nSPS) is 35.6. The minimum absolute atomic E-state index is 0.807. The summed E-state index contributed by atoms with van der Waals surface area (Å²) in [5.41, 5.74) is 0. The Bertz CT molecular complexity index is 167. The third-order valence-electron chi connectivity index (χ3n) is 3.91. The minimum Gasteiger partial charge on any atom is -0.317 e. The van der Waals surface area contributed by atoms with Crippen molar-refractivity contribution in [3.05, 3.63) is 0 Å². The van der Waals surface area contributed by atoms with Gasteiger partial charge in [0.1, 0.15) is 0 Å². The van der Waals surface area contributed by atoms with Crippen LogP contribution in [0.15, 0.2) is 0 Å². The molecule has 0 radical (unpaired) electrons. The number of nitrogens with zero attached hydrogens (tertiary/aromatic N) is 1. The molecule has 1 heterocycles. The average Bonchev–Trinajstić information content (AvgIpc) is 2.17. The van der Waals surface area contributed by atoms with E-state index < -0.39 is 0 Å². The second kappa shape index (κ2) is 4.63. The molecule has 1 aliphatic heterocycles. The summed E-state index contributed by atoms with van der Waals surface area (Å²) in [7, 11) is 2.10. The first-order valence-corrected chi connectivity index (χ1v) is 6.17. The highest BCUT2D eigenvalue weighted by Gasteiger charge is 2.27. The van der Waals surface area contributed by atoms with Crippen LogP contribution in [0.1, 0.15) is 32.6 Å². The van der Waals surface area contributed by atoms with E-state index in [1.807, 2.05) is 0 Å². The van der Waals surface area contributed by atoms with E-state index in [2.05, 4.69) is 24.2 Å². The summed E-state index contributed by atoms with van der Waals surface area (Å²) in [5.74, 6) is 1.95. The van der Waals surface area contributed by atoms with Crippen molar-refractivity contribution in [3.63, 3.8) is 0 Å². The Balaban J connectivity index is 1.64. The maximum absolute atomic E-state index is 3.40. The highest BCUT2D eigenvalue weighted by molar-refractivity contribution is 4.82. The molecule has 0 aromatic carbocycles. The van der Waals surface area contributed by atoms with Crippen LogP contribution in [-0.2, 0) is 0 Å². The van der Waals surface area contributed by atoms with Crippen LogP contribution < -0.4 is 5.32 Å². The van der Waals surface area contributed by atoms with Crippen molar-refractivity contribution >= 4 is 0 Å². The maximum atomic E-state index is 3.40. The standard InChI is InChI=1S/C12H24N2/c1-10-7-14(8-10)9-11-3-5-12(13-2)6-4-11/h10-13H,3-9H2,1-2H3. The Morgan fingerprint density at radius 2 is 1.79 bits per heavy atom. The Morgan fingerprint density at radius 3 is 2.29 bits per heavy atom. The number of nitrogens with one attached hydrogen (secondary N) is 1. The number of rotatable bonds is 3. The van der Waals surface area contributed by atoms with E-state index >= 15 is 0 Å². The van der Waals surface area contributed by atoms with Crippen LogP contribution in [0.25, 0.3) is 0 Å². The second-order valence-corrected chi connectivity index (χ2v) is 5.33. The molecule has 0 spiro atoms. The van der Waals surface area contributed by atoms with Crippen molar-refractivity contribution in [2.24, 2.45) is 11.8 Å². The highest BCUT2D eigenvalue weighted by Crippen LogP contribution is 2.27. The summed E-state index contributed by atoms with van der Waals surface area (Å²) in [5, 5.41) is 3.40. The number of hydrogen-bond acceptors (Lipinski definition) is 2. The summed E-state index contributed by atoms with van der Waals surface area (Å²) in [6.45, 7) is 6.44. The smallest absolute Gasteiger partial charge is 0.00642 e. The maximum Gasteiger partial charge on any atom is 0.00642 e. The van der Waals surface area contributed by atoms with Gasteiger partial charge >= 0.3 is 0 Å². The van der Waals surface area contributed by atoms with Crippen LogP contribution in [0.4, 0.5) is 0 Å². The Hall–Kier alpha value is -0.0800. The van der Waals surface area contributed by atoms with Crippen molar-refractivity contribution < 1.29 is 0 Å². The molecule has 0 amide bonds. The topological polar surface area (TPSA) is 15.3 Å². The molecule has 0 aromatic rings. The van der Waals surface area contributed by atoms with E-state index in [-0.39, 0.29) is 0 Å². The summed E-state index contributed by atoms with van der Waals surface area (Å²) in [6.07, 6.45) is 5.67. The lowest BCUT2D eigenvalue weighted by Gasteiger charge is -2.41. The van der Waals surface area contributed by atoms with Gasteiger partial charge in [0.05, 0.1) is 0 Å². The molecule has 1 N–H and O–H groups in total. The molecule has 2 heteroatoms. The van der Waals surface area contributed by atoms with Crippen LogP contribution in [0.5, 0.6) is 0 Å². The first-order chi connectivity index (χ1) is 6.78. The van der Waals surface area contributed by atoms with Gasteiger partial charge < -0.3 is 10.2 Å². The predicted octanol–water partition coefficient (Wildman–Crippen LogP) is 1.72. The lowest BCUT2D eigenvalue weighted by Crippen LogP contribution is -2.48. The van der Waals surface area contributed by atoms with Crippen molar-refractivity contribution in [3.8, 4) is 0 Å². The Morgan fingerprint density at radius 1 is 1.14 bits per heavy atom. The third-order valence-corrected chi connectivity index (χ3v) is 3.91. The van der Waals surface area contributed by atoms with Gasteiger partial charge in [0.25, 0.3) is 0 Å². The quantitative estimate of drug-likeness (QED) is 0.739. The highest BCUT2D eigenvalue weighted by atomic mass is 15.2. The zero-order valence-electron chi connectivity index (χ0n) is 9.63. The van der Waals surface area contributed by atoms with E-state index in [1.54, 1.807) is 0 Å². The van der Waals surface area contributed by atoms with Gasteiger partial charge in [0.2, 0.25) is 0 Å². The van der Waals surface area contributed by atoms with E-state index in [4.69, 9.17) is 0 Å². The Labute approximate surface area is 88.1 Å². The lowest BCUT2D eigenvalue weighted by atomic mass is 9.85. The molecule has 1 aliphatic carbocycles. The molecule has 1 saturated carbocycles. The molecule has 1 saturated heterocycles. The zero-order chi connectivity index (χ0) is 9.97. The van der Waals surface area contributed by atoms with Crippen LogP contribution in [-0.4, -0.2) is 37.6 Å². The molecule has 2 fully saturated rings. The van der Waals surface area contributed by atoms with Crippen LogP contribution >= 0.6 is 0 Å². The molecule has 2 aliphatic rings. The first kappa shape index (κ1) is 10.4. The van der Waals surface area contributed by atoms with Gasteiger partial charge in [-0.15, -0.1) is 0 Å². The molecule has 2 nitrogen and oxygen atoms in total. The van der Waals surface area contributed by atoms with Crippen molar-refractivity contribution in [1.82, 2.24) is 10.2 Å². The SMILES string of the molecule is CNC1CCC(CN2CC(C)C2)CC1. The number of hydrogen-bond donors (Lipinski definition) is 1. The van der Waals surface area contributed by atoms with Crippen LogP contribution in [0.3, 0.4) is 0 Å². The first-order valence-electron chi connectivity index (χ1n) is 6.17. The molecule has 2 rings (SSSR count). The van der Waals surface area contributed by atoms with Crippen molar-refractivity contribution in [2.75, 3.05) is 26.7 Å². The molecule has 0 aromatic heterocycles. The second-order valence-electron chi connectivity index (χ2n) is 5.33. The predicted molar refractivity (Wildman–Crippen MR) is 60.4 cm³/mol. The Kier molecular flexibility index (Phi) is 3.45. The van der Waals surface area contributed by atoms with E-state index in [0.29, 0.717) is 0 Å². The molecular weight excluding hydrogens is 172 g/mol. The molecule has 0 unspecified atom stereocenters. The van der Waals surface area contributed by atoms with Gasteiger partial charge in [0, 0.05) is 25.7 Å². The van der Waals surface area contributed by atoms with Gasteiger partial charge in [0.15, 0.2) is 0 Å². The van der Waals surface area contributed by atoms with Crippen LogP contribution in [0.2, 0.25) is 0 Å². The molecular formula is C12H24N2. The average molecular weight is 196 g/mol. The fraction of sp³-hybridized carbons (Fsp3) is 1.00. The summed E-state index contributed by atoms with van der Waals surface area (Å²) >= 11 is 0. The zero-order valence-corrected chi connectivity index (χ0v) is 9.63. The van der Waals surface area contributed by atoms with E-state index in [0.717, 1.165) is 17.9 Å². The van der Waals surface area contributed by atoms with Crippen molar-refractivity contribution in [1.29, 1.82) is 0 Å². The molecule has 0 atom stereocenters. The largest absolute Gasteiger partial charge is 0.317 e. The molecule has 82 valence electrons. The summed E-state index contributed by atoms with van der Waals surface area (Å²) in [4.78, 5) is 2.63. The van der Waals surface area contributed by atoms with E-state index in [1.165, 1.54) is 45.3 Å². The van der Waals surface area contributed by atoms with E-state index in [9.17, 15) is 0 Å². The van der Waals surface area contributed by atoms with Gasteiger partial charge in [-0.2, -0.15) is 0 Å². The molecule has 14 heavy (non-hydrogen) atoms. The van der Waals surface area contributed by atoms with Gasteiger partial charge in [-0.25, -0.2) is 0 Å². The number of likely N-dealkylation sites (tertiary alicyclic amines) is 1.